The lowest BCUT2D eigenvalue weighted by molar-refractivity contribution is 0.414. The second-order valence-corrected chi connectivity index (χ2v) is 7.35. The second kappa shape index (κ2) is 5.91. The van der Waals surface area contributed by atoms with Crippen LogP contribution in [0, 0.1) is 6.92 Å². The van der Waals surface area contributed by atoms with Crippen LogP contribution in [0.1, 0.15) is 21.7 Å². The summed E-state index contributed by atoms with van der Waals surface area (Å²) in [6.07, 6.45) is 3.02. The minimum absolute atomic E-state index is 0.0886. The Morgan fingerprint density at radius 3 is 2.71 bits per heavy atom. The van der Waals surface area contributed by atoms with Crippen LogP contribution in [0.2, 0.25) is 0 Å². The first kappa shape index (κ1) is 15.1. The lowest BCUT2D eigenvalue weighted by Gasteiger charge is -2.10. The molecular formula is C19H18N2O2S. The average Bonchev–Trinajstić information content (AvgIpc) is 2.88. The minimum Gasteiger partial charge on any atom is -0.497 e. The molecule has 0 N–H and O–H groups in total. The van der Waals surface area contributed by atoms with E-state index in [0.717, 1.165) is 42.0 Å². The van der Waals surface area contributed by atoms with E-state index >= 15 is 0 Å². The highest BCUT2D eigenvalue weighted by molar-refractivity contribution is 7.12. The van der Waals surface area contributed by atoms with Crippen LogP contribution in [-0.2, 0) is 12.8 Å². The van der Waals surface area contributed by atoms with Gasteiger partial charge in [-0.2, -0.15) is 9.78 Å². The van der Waals surface area contributed by atoms with Gasteiger partial charge in [-0.05, 0) is 62.1 Å². The standard InChI is InChI=1S/C19H18N2O2S/c1-12-10-16-17(24-12)5-3-4-13-11-18(22)21(20-19(13)16)14-6-8-15(23-2)9-7-14/h6-11H,3-5H2,1-2H3. The Morgan fingerprint density at radius 2 is 1.96 bits per heavy atom. The van der Waals surface area contributed by atoms with E-state index in [2.05, 4.69) is 13.0 Å². The molecule has 1 aromatic carbocycles. The molecule has 0 fully saturated rings. The van der Waals surface area contributed by atoms with Crippen molar-refractivity contribution in [3.8, 4) is 22.7 Å². The summed E-state index contributed by atoms with van der Waals surface area (Å²) in [5, 5.41) is 4.72. The molecule has 0 spiro atoms. The lowest BCUT2D eigenvalue weighted by atomic mass is 10.1. The molecule has 5 heteroatoms. The van der Waals surface area contributed by atoms with Crippen molar-refractivity contribution in [1.82, 2.24) is 9.78 Å². The molecule has 1 aliphatic rings. The normalized spacial score (nSPS) is 13.1. The monoisotopic (exact) mass is 338 g/mol. The number of hydrogen-bond acceptors (Lipinski definition) is 4. The Morgan fingerprint density at radius 1 is 1.17 bits per heavy atom. The number of benzene rings is 1. The molecule has 0 atom stereocenters. The van der Waals surface area contributed by atoms with E-state index in [1.54, 1.807) is 13.2 Å². The molecule has 1 aliphatic carbocycles. The third-order valence-corrected chi connectivity index (χ3v) is 5.48. The van der Waals surface area contributed by atoms with Gasteiger partial charge in [0, 0.05) is 21.4 Å². The van der Waals surface area contributed by atoms with Crippen LogP contribution in [0.3, 0.4) is 0 Å². The van der Waals surface area contributed by atoms with Crippen LogP contribution in [0.15, 0.2) is 41.2 Å². The number of rotatable bonds is 2. The first-order valence-electron chi connectivity index (χ1n) is 8.03. The molecule has 4 rings (SSSR count). The molecule has 3 aromatic rings. The summed E-state index contributed by atoms with van der Waals surface area (Å²) < 4.78 is 6.67. The number of aryl methyl sites for hydroxylation is 3. The van der Waals surface area contributed by atoms with Crippen molar-refractivity contribution < 1.29 is 4.74 Å². The third kappa shape index (κ3) is 2.55. The van der Waals surface area contributed by atoms with E-state index < -0.39 is 0 Å². The predicted octanol–water partition coefficient (Wildman–Crippen LogP) is 3.77. The molecule has 0 amide bonds. The van der Waals surface area contributed by atoms with Crippen LogP contribution < -0.4 is 10.3 Å². The van der Waals surface area contributed by atoms with E-state index in [1.165, 1.54) is 20.0 Å². The van der Waals surface area contributed by atoms with Crippen LogP contribution in [0.25, 0.3) is 16.9 Å². The highest BCUT2D eigenvalue weighted by Crippen LogP contribution is 2.35. The second-order valence-electron chi connectivity index (χ2n) is 6.01. The summed E-state index contributed by atoms with van der Waals surface area (Å²) in [5.74, 6) is 0.761. The van der Waals surface area contributed by atoms with Gasteiger partial charge in [0.25, 0.3) is 5.56 Å². The van der Waals surface area contributed by atoms with Gasteiger partial charge in [0.15, 0.2) is 0 Å². The van der Waals surface area contributed by atoms with Crippen LogP contribution in [-0.4, -0.2) is 16.9 Å². The van der Waals surface area contributed by atoms with Gasteiger partial charge in [0.05, 0.1) is 18.5 Å². The van der Waals surface area contributed by atoms with Gasteiger partial charge in [-0.1, -0.05) is 0 Å². The molecule has 0 aliphatic heterocycles. The number of ether oxygens (including phenoxy) is 1. The zero-order chi connectivity index (χ0) is 16.7. The van der Waals surface area contributed by atoms with E-state index in [4.69, 9.17) is 9.84 Å². The number of fused-ring (bicyclic) bond motifs is 3. The van der Waals surface area contributed by atoms with Crippen molar-refractivity contribution in [3.63, 3.8) is 0 Å². The summed E-state index contributed by atoms with van der Waals surface area (Å²) in [5.41, 5.74) is 3.85. The smallest absolute Gasteiger partial charge is 0.271 e. The number of nitrogens with zero attached hydrogens (tertiary/aromatic N) is 2. The van der Waals surface area contributed by atoms with E-state index in [-0.39, 0.29) is 5.56 Å². The molecule has 122 valence electrons. The maximum atomic E-state index is 12.5. The van der Waals surface area contributed by atoms with E-state index in [0.29, 0.717) is 0 Å². The number of hydrogen-bond donors (Lipinski definition) is 0. The zero-order valence-electron chi connectivity index (χ0n) is 13.7. The molecule has 24 heavy (non-hydrogen) atoms. The fourth-order valence-electron chi connectivity index (χ4n) is 3.21. The lowest BCUT2D eigenvalue weighted by Crippen LogP contribution is -2.22. The predicted molar refractivity (Wildman–Crippen MR) is 96.5 cm³/mol. The summed E-state index contributed by atoms with van der Waals surface area (Å²) in [7, 11) is 1.63. The fraction of sp³-hybridized carbons (Fsp3) is 0.263. The first-order chi connectivity index (χ1) is 11.7. The summed E-state index contributed by atoms with van der Waals surface area (Å²) in [4.78, 5) is 15.2. The van der Waals surface area contributed by atoms with Gasteiger partial charge in [0.1, 0.15) is 5.75 Å². The quantitative estimate of drug-likeness (QED) is 0.714. The Bertz CT molecular complexity index is 954. The maximum Gasteiger partial charge on any atom is 0.271 e. The van der Waals surface area contributed by atoms with Crippen LogP contribution in [0.5, 0.6) is 5.75 Å². The largest absolute Gasteiger partial charge is 0.497 e. The molecule has 2 aromatic heterocycles. The van der Waals surface area contributed by atoms with Crippen molar-refractivity contribution in [2.75, 3.05) is 7.11 Å². The van der Waals surface area contributed by atoms with Gasteiger partial charge in [0.2, 0.25) is 0 Å². The topological polar surface area (TPSA) is 44.1 Å². The molecule has 0 radical (unpaired) electrons. The molecule has 0 unspecified atom stereocenters. The summed E-state index contributed by atoms with van der Waals surface area (Å²) in [6.45, 7) is 2.12. The van der Waals surface area contributed by atoms with E-state index in [9.17, 15) is 4.79 Å². The van der Waals surface area contributed by atoms with Crippen molar-refractivity contribution in [3.05, 3.63) is 62.1 Å². The summed E-state index contributed by atoms with van der Waals surface area (Å²) in [6, 6.07) is 11.3. The number of thiophene rings is 1. The maximum absolute atomic E-state index is 12.5. The Kier molecular flexibility index (Phi) is 3.73. The SMILES string of the molecule is COc1ccc(-n2nc3c(cc2=O)CCCc2sc(C)cc2-3)cc1. The van der Waals surface area contributed by atoms with Gasteiger partial charge in [-0.3, -0.25) is 4.79 Å². The number of aromatic nitrogens is 2. The van der Waals surface area contributed by atoms with Gasteiger partial charge in [-0.25, -0.2) is 0 Å². The first-order valence-corrected chi connectivity index (χ1v) is 8.85. The molecule has 0 bridgehead atoms. The van der Waals surface area contributed by atoms with Crippen LogP contribution >= 0.6 is 11.3 Å². The molecule has 2 heterocycles. The minimum atomic E-state index is -0.0886. The van der Waals surface area contributed by atoms with E-state index in [1.807, 2.05) is 35.6 Å². The highest BCUT2D eigenvalue weighted by Gasteiger charge is 2.20. The molecular weight excluding hydrogens is 320 g/mol. The number of methoxy groups -OCH3 is 1. The summed E-state index contributed by atoms with van der Waals surface area (Å²) >= 11 is 1.83. The van der Waals surface area contributed by atoms with Crippen molar-refractivity contribution in [2.24, 2.45) is 0 Å². The molecule has 0 saturated carbocycles. The molecule has 0 saturated heterocycles. The van der Waals surface area contributed by atoms with Crippen LogP contribution in [0.4, 0.5) is 0 Å². The highest BCUT2D eigenvalue weighted by atomic mass is 32.1. The zero-order valence-corrected chi connectivity index (χ0v) is 14.5. The third-order valence-electron chi connectivity index (χ3n) is 4.36. The Labute approximate surface area is 144 Å². The Balaban J connectivity index is 1.90. The molecule has 4 nitrogen and oxygen atoms in total. The van der Waals surface area contributed by atoms with Crippen molar-refractivity contribution in [1.29, 1.82) is 0 Å². The van der Waals surface area contributed by atoms with Crippen molar-refractivity contribution >= 4 is 11.3 Å². The fourth-order valence-corrected chi connectivity index (χ4v) is 4.28. The Hall–Kier alpha value is -2.40. The van der Waals surface area contributed by atoms with Gasteiger partial charge < -0.3 is 4.74 Å². The average molecular weight is 338 g/mol. The van der Waals surface area contributed by atoms with Crippen molar-refractivity contribution in [2.45, 2.75) is 26.2 Å². The van der Waals surface area contributed by atoms with Gasteiger partial charge in [-0.15, -0.1) is 11.3 Å². The van der Waals surface area contributed by atoms with Gasteiger partial charge >= 0.3 is 0 Å².